The van der Waals surface area contributed by atoms with Crippen LogP contribution in [0, 0.1) is 17.6 Å². The molecule has 1 N–H and O–H groups in total. The number of rotatable bonds is 8. The van der Waals surface area contributed by atoms with Gasteiger partial charge < -0.3 is 14.7 Å². The molecule has 7 heteroatoms. The van der Waals surface area contributed by atoms with Crippen LogP contribution < -0.4 is 9.64 Å². The predicted molar refractivity (Wildman–Crippen MR) is 139 cm³/mol. The molecule has 1 fully saturated rings. The molecular weight excluding hydrogens is 488 g/mol. The summed E-state index contributed by atoms with van der Waals surface area (Å²) in [5.74, 6) is -1.45. The topological polar surface area (TPSA) is 66.8 Å². The van der Waals surface area contributed by atoms with E-state index in [4.69, 9.17) is 4.74 Å². The Balaban J connectivity index is 1.34. The number of carbonyl (C=O) groups excluding carboxylic acids is 2. The van der Waals surface area contributed by atoms with Gasteiger partial charge in [-0.2, -0.15) is 0 Å². The maximum absolute atomic E-state index is 13.5. The van der Waals surface area contributed by atoms with Crippen molar-refractivity contribution in [1.29, 1.82) is 0 Å². The van der Waals surface area contributed by atoms with E-state index in [0.717, 1.165) is 5.56 Å². The third kappa shape index (κ3) is 5.33. The maximum Gasteiger partial charge on any atom is 0.343 e. The Morgan fingerprint density at radius 3 is 2.08 bits per heavy atom. The maximum atomic E-state index is 13.5. The molecule has 1 heterocycles. The molecule has 0 unspecified atom stereocenters. The van der Waals surface area contributed by atoms with Gasteiger partial charge in [-0.05, 0) is 84.6 Å². The summed E-state index contributed by atoms with van der Waals surface area (Å²) in [5, 5.41) is 10.6. The number of aliphatic hydroxyl groups excluding tert-OH is 1. The van der Waals surface area contributed by atoms with Gasteiger partial charge in [0, 0.05) is 5.69 Å². The third-order valence-corrected chi connectivity index (χ3v) is 6.77. The fourth-order valence-corrected chi connectivity index (χ4v) is 4.76. The van der Waals surface area contributed by atoms with Crippen LogP contribution in [0.4, 0.5) is 14.5 Å². The lowest BCUT2D eigenvalue weighted by atomic mass is 9.78. The van der Waals surface area contributed by atoms with E-state index < -0.39 is 23.8 Å². The number of aliphatic hydroxyl groups is 1. The zero-order valence-corrected chi connectivity index (χ0v) is 20.3. The molecular formula is C31H25F2NO4. The Bertz CT molecular complexity index is 1410. The minimum atomic E-state index is -0.844. The van der Waals surface area contributed by atoms with Gasteiger partial charge in [0.1, 0.15) is 17.4 Å². The number of hydrogen-bond acceptors (Lipinski definition) is 4. The van der Waals surface area contributed by atoms with Crippen LogP contribution >= 0.6 is 0 Å². The lowest BCUT2D eigenvalue weighted by Crippen LogP contribution is -2.55. The van der Waals surface area contributed by atoms with E-state index in [0.29, 0.717) is 35.4 Å². The molecule has 1 aliphatic rings. The number of hydrogen-bond donors (Lipinski definition) is 1. The molecule has 0 bridgehead atoms. The van der Waals surface area contributed by atoms with Crippen LogP contribution in [-0.4, -0.2) is 17.0 Å². The smallest absolute Gasteiger partial charge is 0.343 e. The summed E-state index contributed by atoms with van der Waals surface area (Å²) in [4.78, 5) is 27.2. The first-order chi connectivity index (χ1) is 18.4. The Morgan fingerprint density at radius 2 is 1.45 bits per heavy atom. The van der Waals surface area contributed by atoms with Gasteiger partial charge in [0.15, 0.2) is 0 Å². The molecule has 1 saturated heterocycles. The van der Waals surface area contributed by atoms with E-state index in [-0.39, 0.29) is 17.8 Å². The van der Waals surface area contributed by atoms with Crippen molar-refractivity contribution in [2.24, 2.45) is 5.92 Å². The summed E-state index contributed by atoms with van der Waals surface area (Å²) in [6, 6.07) is 26.6. The minimum Gasteiger partial charge on any atom is -0.423 e. The quantitative estimate of drug-likeness (QED) is 0.168. The van der Waals surface area contributed by atoms with E-state index in [9.17, 15) is 23.5 Å². The molecule has 3 atom stereocenters. The van der Waals surface area contributed by atoms with Crippen LogP contribution in [0.1, 0.15) is 46.5 Å². The minimum absolute atomic E-state index is 0.132. The van der Waals surface area contributed by atoms with Gasteiger partial charge in [0.05, 0.1) is 23.6 Å². The standard InChI is InChI=1S/C31H25F2NO4/c32-23-10-6-20(7-11-23)28(35)19-18-27-29(34(30(27)36)25-14-12-24(33)13-15-25)21-8-16-26(17-9-21)38-31(37)22-4-2-1-3-5-22/h1-17,27-29,35H,18-19H2/t27-,28+,29-/m1/s1. The summed E-state index contributed by atoms with van der Waals surface area (Å²) >= 11 is 0. The summed E-state index contributed by atoms with van der Waals surface area (Å²) in [7, 11) is 0. The molecule has 38 heavy (non-hydrogen) atoms. The molecule has 1 aliphatic heterocycles. The number of benzene rings is 4. The molecule has 0 radical (unpaired) electrons. The van der Waals surface area contributed by atoms with Crippen LogP contribution in [0.15, 0.2) is 103 Å². The molecule has 5 rings (SSSR count). The Labute approximate surface area is 218 Å². The normalized spacial score (nSPS) is 17.6. The monoisotopic (exact) mass is 513 g/mol. The number of carbonyl (C=O) groups is 2. The summed E-state index contributed by atoms with van der Waals surface area (Å²) in [6.07, 6.45) is -0.142. The Kier molecular flexibility index (Phi) is 7.29. The number of nitrogens with zero attached hydrogens (tertiary/aromatic N) is 1. The van der Waals surface area contributed by atoms with Crippen molar-refractivity contribution >= 4 is 17.6 Å². The second kappa shape index (κ2) is 10.9. The van der Waals surface area contributed by atoms with Crippen molar-refractivity contribution in [3.05, 3.63) is 131 Å². The molecule has 192 valence electrons. The molecule has 0 saturated carbocycles. The van der Waals surface area contributed by atoms with Crippen molar-refractivity contribution in [1.82, 2.24) is 0 Å². The highest BCUT2D eigenvalue weighted by Gasteiger charge is 2.48. The fourth-order valence-electron chi connectivity index (χ4n) is 4.76. The average molecular weight is 514 g/mol. The number of β-lactam (4-membered cyclic amide) rings is 1. The molecule has 0 spiro atoms. The van der Waals surface area contributed by atoms with Gasteiger partial charge in [-0.15, -0.1) is 0 Å². The van der Waals surface area contributed by atoms with E-state index in [2.05, 4.69) is 0 Å². The number of amides is 1. The van der Waals surface area contributed by atoms with Crippen molar-refractivity contribution in [2.45, 2.75) is 25.0 Å². The molecule has 5 nitrogen and oxygen atoms in total. The third-order valence-electron chi connectivity index (χ3n) is 6.77. The van der Waals surface area contributed by atoms with Crippen molar-refractivity contribution < 1.29 is 28.2 Å². The first kappa shape index (κ1) is 25.3. The summed E-state index contributed by atoms with van der Waals surface area (Å²) in [5.41, 5.74) is 2.39. The number of halogens is 2. The molecule has 4 aromatic carbocycles. The lowest BCUT2D eigenvalue weighted by Gasteiger charge is -2.48. The van der Waals surface area contributed by atoms with Gasteiger partial charge >= 0.3 is 5.97 Å². The number of esters is 1. The van der Waals surface area contributed by atoms with Gasteiger partial charge in [0.25, 0.3) is 0 Å². The van der Waals surface area contributed by atoms with E-state index in [1.54, 1.807) is 65.6 Å². The SMILES string of the molecule is O=C(Oc1ccc([C@@H]2[C@@H](CC[C@H](O)c3ccc(F)cc3)C(=O)N2c2ccc(F)cc2)cc1)c1ccccc1. The van der Waals surface area contributed by atoms with Crippen LogP contribution in [0.5, 0.6) is 5.75 Å². The van der Waals surface area contributed by atoms with Gasteiger partial charge in [0.2, 0.25) is 5.91 Å². The second-order valence-corrected chi connectivity index (χ2v) is 9.21. The molecule has 4 aromatic rings. The van der Waals surface area contributed by atoms with Gasteiger partial charge in [-0.1, -0.05) is 42.5 Å². The second-order valence-electron chi connectivity index (χ2n) is 9.21. The van der Waals surface area contributed by atoms with E-state index in [1.807, 2.05) is 6.07 Å². The van der Waals surface area contributed by atoms with Crippen molar-refractivity contribution in [3.8, 4) is 5.75 Å². The van der Waals surface area contributed by atoms with Gasteiger partial charge in [-0.3, -0.25) is 4.79 Å². The highest BCUT2D eigenvalue weighted by Crippen LogP contribution is 2.46. The van der Waals surface area contributed by atoms with Gasteiger partial charge in [-0.25, -0.2) is 13.6 Å². The molecule has 1 amide bonds. The van der Waals surface area contributed by atoms with Crippen molar-refractivity contribution in [2.75, 3.05) is 4.90 Å². The van der Waals surface area contributed by atoms with Crippen LogP contribution in [0.25, 0.3) is 0 Å². The predicted octanol–water partition coefficient (Wildman–Crippen LogP) is 6.40. The Morgan fingerprint density at radius 1 is 0.842 bits per heavy atom. The highest BCUT2D eigenvalue weighted by molar-refractivity contribution is 6.03. The first-order valence-electron chi connectivity index (χ1n) is 12.3. The van der Waals surface area contributed by atoms with Crippen LogP contribution in [0.3, 0.4) is 0 Å². The zero-order valence-electron chi connectivity index (χ0n) is 20.3. The fraction of sp³-hybridized carbons (Fsp3) is 0.161. The molecule has 0 aromatic heterocycles. The van der Waals surface area contributed by atoms with Crippen LogP contribution in [-0.2, 0) is 4.79 Å². The Hall–Kier alpha value is -4.36. The van der Waals surface area contributed by atoms with E-state index >= 15 is 0 Å². The lowest BCUT2D eigenvalue weighted by molar-refractivity contribution is -0.131. The average Bonchev–Trinajstić information content (AvgIpc) is 2.94. The zero-order chi connectivity index (χ0) is 26.6. The van der Waals surface area contributed by atoms with Crippen molar-refractivity contribution in [3.63, 3.8) is 0 Å². The number of ether oxygens (including phenoxy) is 1. The van der Waals surface area contributed by atoms with E-state index in [1.165, 1.54) is 36.4 Å². The first-order valence-corrected chi connectivity index (χ1v) is 12.3. The summed E-state index contributed by atoms with van der Waals surface area (Å²) in [6.45, 7) is 0. The molecule has 0 aliphatic carbocycles. The highest BCUT2D eigenvalue weighted by atomic mass is 19.1. The summed E-state index contributed by atoms with van der Waals surface area (Å²) < 4.78 is 32.3. The van der Waals surface area contributed by atoms with Crippen LogP contribution in [0.2, 0.25) is 0 Å². The largest absolute Gasteiger partial charge is 0.423 e. The number of anilines is 1.